The van der Waals surface area contributed by atoms with Crippen LogP contribution in [0, 0.1) is 5.41 Å². The zero-order valence-corrected chi connectivity index (χ0v) is 7.85. The summed E-state index contributed by atoms with van der Waals surface area (Å²) in [5.74, 6) is 0. The highest BCUT2D eigenvalue weighted by molar-refractivity contribution is 5.21. The Morgan fingerprint density at radius 1 is 1.55 bits per heavy atom. The van der Waals surface area contributed by atoms with Crippen molar-refractivity contribution in [3.8, 4) is 0 Å². The zero-order chi connectivity index (χ0) is 8.32. The number of hydrogen-bond donors (Lipinski definition) is 0. The molecular weight excluding hydrogens is 132 g/mol. The van der Waals surface area contributed by atoms with E-state index in [4.69, 9.17) is 0 Å². The summed E-state index contributed by atoms with van der Waals surface area (Å²) < 4.78 is 0. The van der Waals surface area contributed by atoms with Gasteiger partial charge in [0.2, 0.25) is 0 Å². The quantitative estimate of drug-likeness (QED) is 0.563. The summed E-state index contributed by atoms with van der Waals surface area (Å²) >= 11 is 0. The highest BCUT2D eigenvalue weighted by Crippen LogP contribution is 2.35. The molecule has 0 aromatic heterocycles. The standard InChI is InChI=1S/C11H18/c1-4-7-11(3)8-5-6-10(2)9-11/h5-6,8H,4,7,9H2,1-3H3. The third-order valence-corrected chi connectivity index (χ3v) is 2.38. The molecule has 1 atom stereocenters. The smallest absolute Gasteiger partial charge is 0.0106 e. The molecule has 0 aliphatic heterocycles. The second-order valence-corrected chi connectivity index (χ2v) is 3.95. The third kappa shape index (κ3) is 2.21. The molecule has 11 heavy (non-hydrogen) atoms. The van der Waals surface area contributed by atoms with E-state index in [-0.39, 0.29) is 0 Å². The van der Waals surface area contributed by atoms with Gasteiger partial charge < -0.3 is 0 Å². The molecule has 0 heteroatoms. The molecule has 1 aliphatic rings. The van der Waals surface area contributed by atoms with Crippen LogP contribution >= 0.6 is 0 Å². The molecule has 0 saturated heterocycles. The lowest BCUT2D eigenvalue weighted by Gasteiger charge is -2.28. The van der Waals surface area contributed by atoms with Crippen LogP contribution in [0.2, 0.25) is 0 Å². The molecule has 0 radical (unpaired) electrons. The molecule has 0 N–H and O–H groups in total. The molecule has 62 valence electrons. The molecule has 0 heterocycles. The lowest BCUT2D eigenvalue weighted by Crippen LogP contribution is -2.15. The molecule has 0 saturated carbocycles. The van der Waals surface area contributed by atoms with Gasteiger partial charge in [-0.15, -0.1) is 0 Å². The Morgan fingerprint density at radius 3 is 2.82 bits per heavy atom. The molecule has 0 aromatic carbocycles. The molecule has 0 amide bonds. The highest BCUT2D eigenvalue weighted by Gasteiger charge is 2.21. The highest BCUT2D eigenvalue weighted by atomic mass is 14.3. The van der Waals surface area contributed by atoms with Crippen molar-refractivity contribution in [1.29, 1.82) is 0 Å². The topological polar surface area (TPSA) is 0 Å². The van der Waals surface area contributed by atoms with E-state index in [9.17, 15) is 0 Å². The Hall–Kier alpha value is -0.520. The van der Waals surface area contributed by atoms with Crippen LogP contribution in [0.3, 0.4) is 0 Å². The zero-order valence-electron chi connectivity index (χ0n) is 7.85. The van der Waals surface area contributed by atoms with Crippen LogP contribution in [0.25, 0.3) is 0 Å². The van der Waals surface area contributed by atoms with E-state index >= 15 is 0 Å². The minimum atomic E-state index is 0.452. The fourth-order valence-electron chi connectivity index (χ4n) is 1.94. The van der Waals surface area contributed by atoms with Gasteiger partial charge in [-0.2, -0.15) is 0 Å². The van der Waals surface area contributed by atoms with Crippen LogP contribution in [0.1, 0.15) is 40.0 Å². The summed E-state index contributed by atoms with van der Waals surface area (Å²) in [6.45, 7) is 6.83. The normalized spacial score (nSPS) is 30.3. The molecule has 1 rings (SSSR count). The van der Waals surface area contributed by atoms with Gasteiger partial charge in [0.1, 0.15) is 0 Å². The number of allylic oxidation sites excluding steroid dienone is 4. The van der Waals surface area contributed by atoms with Gasteiger partial charge in [-0.3, -0.25) is 0 Å². The minimum Gasteiger partial charge on any atom is -0.0783 e. The molecule has 1 unspecified atom stereocenters. The Balaban J connectivity index is 2.62. The van der Waals surface area contributed by atoms with Crippen molar-refractivity contribution < 1.29 is 0 Å². The first-order chi connectivity index (χ1) is 5.16. The maximum Gasteiger partial charge on any atom is -0.0106 e. The van der Waals surface area contributed by atoms with E-state index in [1.165, 1.54) is 24.8 Å². The first kappa shape index (κ1) is 8.58. The average Bonchev–Trinajstić information content (AvgIpc) is 1.86. The molecule has 0 fully saturated rings. The minimum absolute atomic E-state index is 0.452. The van der Waals surface area contributed by atoms with Gasteiger partial charge in [0.15, 0.2) is 0 Å². The summed E-state index contributed by atoms with van der Waals surface area (Å²) in [5, 5.41) is 0. The first-order valence-corrected chi connectivity index (χ1v) is 4.51. The van der Waals surface area contributed by atoms with Gasteiger partial charge in [-0.1, -0.05) is 44.1 Å². The van der Waals surface area contributed by atoms with Crippen LogP contribution in [0.4, 0.5) is 0 Å². The van der Waals surface area contributed by atoms with Gasteiger partial charge >= 0.3 is 0 Å². The van der Waals surface area contributed by atoms with Crippen molar-refractivity contribution in [2.45, 2.75) is 40.0 Å². The second kappa shape index (κ2) is 3.25. The van der Waals surface area contributed by atoms with E-state index < -0.39 is 0 Å². The average molecular weight is 150 g/mol. The van der Waals surface area contributed by atoms with Gasteiger partial charge in [-0.05, 0) is 25.2 Å². The Bertz CT molecular complexity index is 186. The first-order valence-electron chi connectivity index (χ1n) is 4.51. The van der Waals surface area contributed by atoms with Crippen LogP contribution in [0.5, 0.6) is 0 Å². The fourth-order valence-corrected chi connectivity index (χ4v) is 1.94. The van der Waals surface area contributed by atoms with Gasteiger partial charge in [0.05, 0.1) is 0 Å². The van der Waals surface area contributed by atoms with Crippen molar-refractivity contribution in [3.63, 3.8) is 0 Å². The molecule has 1 aliphatic carbocycles. The lowest BCUT2D eigenvalue weighted by atomic mass is 9.77. The Kier molecular flexibility index (Phi) is 2.53. The maximum absolute atomic E-state index is 2.35. The van der Waals surface area contributed by atoms with Gasteiger partial charge in [0.25, 0.3) is 0 Å². The van der Waals surface area contributed by atoms with Crippen LogP contribution in [0.15, 0.2) is 23.8 Å². The second-order valence-electron chi connectivity index (χ2n) is 3.95. The molecule has 0 spiro atoms. The largest absolute Gasteiger partial charge is 0.0783 e. The number of rotatable bonds is 2. The predicted octanol–water partition coefficient (Wildman–Crippen LogP) is 3.70. The summed E-state index contributed by atoms with van der Waals surface area (Å²) in [4.78, 5) is 0. The van der Waals surface area contributed by atoms with Crippen molar-refractivity contribution in [1.82, 2.24) is 0 Å². The van der Waals surface area contributed by atoms with E-state index in [1.807, 2.05) is 0 Å². The van der Waals surface area contributed by atoms with Crippen molar-refractivity contribution in [2.75, 3.05) is 0 Å². The summed E-state index contributed by atoms with van der Waals surface area (Å²) in [7, 11) is 0. The Morgan fingerprint density at radius 2 is 2.27 bits per heavy atom. The monoisotopic (exact) mass is 150 g/mol. The predicted molar refractivity (Wildman–Crippen MR) is 50.5 cm³/mol. The van der Waals surface area contributed by atoms with Gasteiger partial charge in [0, 0.05) is 0 Å². The lowest BCUT2D eigenvalue weighted by molar-refractivity contribution is 0.379. The van der Waals surface area contributed by atoms with Crippen molar-refractivity contribution in [2.24, 2.45) is 5.41 Å². The van der Waals surface area contributed by atoms with E-state index in [0.29, 0.717) is 5.41 Å². The summed E-state index contributed by atoms with van der Waals surface area (Å²) in [6, 6.07) is 0. The maximum atomic E-state index is 2.35. The molecular formula is C11H18. The van der Waals surface area contributed by atoms with Crippen LogP contribution in [-0.4, -0.2) is 0 Å². The molecule has 0 bridgehead atoms. The van der Waals surface area contributed by atoms with Crippen molar-refractivity contribution >= 4 is 0 Å². The fraction of sp³-hybridized carbons (Fsp3) is 0.636. The van der Waals surface area contributed by atoms with Crippen LogP contribution in [-0.2, 0) is 0 Å². The molecule has 0 aromatic rings. The van der Waals surface area contributed by atoms with E-state index in [1.54, 1.807) is 0 Å². The van der Waals surface area contributed by atoms with Gasteiger partial charge in [-0.25, -0.2) is 0 Å². The number of hydrogen-bond acceptors (Lipinski definition) is 0. The van der Waals surface area contributed by atoms with Crippen molar-refractivity contribution in [3.05, 3.63) is 23.8 Å². The summed E-state index contributed by atoms with van der Waals surface area (Å²) in [6.07, 6.45) is 10.6. The summed E-state index contributed by atoms with van der Waals surface area (Å²) in [5.41, 5.74) is 1.97. The van der Waals surface area contributed by atoms with E-state index in [2.05, 4.69) is 39.0 Å². The van der Waals surface area contributed by atoms with E-state index in [0.717, 1.165) is 0 Å². The SMILES string of the molecule is CCCC1(C)C=CC=C(C)C1. The molecule has 0 nitrogen and oxygen atoms in total. The Labute approximate surface area is 70.0 Å². The van der Waals surface area contributed by atoms with Crippen LogP contribution < -0.4 is 0 Å². The third-order valence-electron chi connectivity index (χ3n) is 2.38.